The number of carboxylic acids is 1. The van der Waals surface area contributed by atoms with E-state index >= 15 is 0 Å². The van der Waals surface area contributed by atoms with Crippen LogP contribution < -0.4 is 5.32 Å². The van der Waals surface area contributed by atoms with Gasteiger partial charge in [-0.3, -0.25) is 9.59 Å². The maximum atomic E-state index is 13.4. The number of hydrogen-bond acceptors (Lipinski definition) is 2. The van der Waals surface area contributed by atoms with E-state index in [-0.39, 0.29) is 17.6 Å². The first-order chi connectivity index (χ1) is 8.91. The largest absolute Gasteiger partial charge is 0.480 e. The van der Waals surface area contributed by atoms with E-state index in [0.717, 1.165) is 0 Å². The van der Waals surface area contributed by atoms with Crippen molar-refractivity contribution in [3.8, 4) is 0 Å². The lowest BCUT2D eigenvalue weighted by molar-refractivity contribution is -0.141. The number of aliphatic carboxylic acids is 1. The summed E-state index contributed by atoms with van der Waals surface area (Å²) in [5.74, 6) is -2.05. The fourth-order valence-electron chi connectivity index (χ4n) is 1.62. The number of halogens is 1. The van der Waals surface area contributed by atoms with Crippen molar-refractivity contribution in [1.29, 1.82) is 0 Å². The standard InChI is InChI=1S/C14H18FNO3/c1-9(13(17)16-10(2)14(18)19)7-8-11-5-3-4-6-12(11)15/h3-6,9-10H,7-8H2,1-2H3,(H,16,17)(H,18,19)/t9?,10-/m0/s1. The van der Waals surface area contributed by atoms with Crippen LogP contribution in [0.3, 0.4) is 0 Å². The van der Waals surface area contributed by atoms with E-state index in [2.05, 4.69) is 5.32 Å². The van der Waals surface area contributed by atoms with Gasteiger partial charge in [0.2, 0.25) is 5.91 Å². The van der Waals surface area contributed by atoms with Gasteiger partial charge in [0.05, 0.1) is 0 Å². The van der Waals surface area contributed by atoms with Crippen molar-refractivity contribution in [3.63, 3.8) is 0 Å². The topological polar surface area (TPSA) is 66.4 Å². The predicted molar refractivity (Wildman–Crippen MR) is 69.1 cm³/mol. The van der Waals surface area contributed by atoms with Crippen LogP contribution in [0.5, 0.6) is 0 Å². The number of amides is 1. The Hall–Kier alpha value is -1.91. The molecule has 0 radical (unpaired) electrons. The Bertz CT molecular complexity index is 462. The van der Waals surface area contributed by atoms with Gasteiger partial charge in [0.25, 0.3) is 0 Å². The van der Waals surface area contributed by atoms with E-state index in [4.69, 9.17) is 5.11 Å². The molecular weight excluding hydrogens is 249 g/mol. The van der Waals surface area contributed by atoms with Gasteiger partial charge >= 0.3 is 5.97 Å². The van der Waals surface area contributed by atoms with E-state index in [1.54, 1.807) is 25.1 Å². The zero-order chi connectivity index (χ0) is 14.4. The first-order valence-electron chi connectivity index (χ1n) is 6.18. The third-order valence-electron chi connectivity index (χ3n) is 2.98. The summed E-state index contributed by atoms with van der Waals surface area (Å²) in [5.41, 5.74) is 0.563. The van der Waals surface area contributed by atoms with Crippen molar-refractivity contribution < 1.29 is 19.1 Å². The predicted octanol–water partition coefficient (Wildman–Crippen LogP) is 1.98. The van der Waals surface area contributed by atoms with Crippen LogP contribution >= 0.6 is 0 Å². The summed E-state index contributed by atoms with van der Waals surface area (Å²) in [6.07, 6.45) is 0.918. The Labute approximate surface area is 111 Å². The van der Waals surface area contributed by atoms with Crippen molar-refractivity contribution >= 4 is 11.9 Å². The molecule has 1 amide bonds. The van der Waals surface area contributed by atoms with Gasteiger partial charge in [0, 0.05) is 5.92 Å². The molecule has 0 aliphatic rings. The second kappa shape index (κ2) is 6.87. The molecule has 1 unspecified atom stereocenters. The maximum absolute atomic E-state index is 13.4. The zero-order valence-electron chi connectivity index (χ0n) is 11.0. The molecule has 5 heteroatoms. The average molecular weight is 267 g/mol. The lowest BCUT2D eigenvalue weighted by atomic mass is 10.00. The molecule has 104 valence electrons. The Balaban J connectivity index is 2.47. The number of carboxylic acid groups (broad SMARTS) is 1. The third kappa shape index (κ3) is 4.69. The smallest absolute Gasteiger partial charge is 0.325 e. The molecule has 0 saturated carbocycles. The van der Waals surface area contributed by atoms with Crippen LogP contribution in [-0.2, 0) is 16.0 Å². The van der Waals surface area contributed by atoms with Crippen LogP contribution in [0, 0.1) is 11.7 Å². The summed E-state index contributed by atoms with van der Waals surface area (Å²) in [6, 6.07) is 5.51. The van der Waals surface area contributed by atoms with Gasteiger partial charge in [-0.25, -0.2) is 4.39 Å². The summed E-state index contributed by atoms with van der Waals surface area (Å²) >= 11 is 0. The molecule has 2 N–H and O–H groups in total. The minimum Gasteiger partial charge on any atom is -0.480 e. The Morgan fingerprint density at radius 1 is 1.32 bits per heavy atom. The fraction of sp³-hybridized carbons (Fsp3) is 0.429. The van der Waals surface area contributed by atoms with Crippen LogP contribution in [0.25, 0.3) is 0 Å². The quantitative estimate of drug-likeness (QED) is 0.828. The monoisotopic (exact) mass is 267 g/mol. The van der Waals surface area contributed by atoms with Crippen LogP contribution in [0.2, 0.25) is 0 Å². The Morgan fingerprint density at radius 3 is 2.53 bits per heavy atom. The molecule has 0 aliphatic carbocycles. The summed E-state index contributed by atoms with van der Waals surface area (Å²) in [4.78, 5) is 22.3. The molecule has 2 atom stereocenters. The number of rotatable bonds is 6. The normalized spacial score (nSPS) is 13.6. The third-order valence-corrected chi connectivity index (χ3v) is 2.98. The van der Waals surface area contributed by atoms with Crippen LogP contribution in [0.1, 0.15) is 25.8 Å². The SMILES string of the molecule is CC(CCc1ccccc1F)C(=O)N[C@@H](C)C(=O)O. The number of nitrogens with one attached hydrogen (secondary N) is 1. The van der Waals surface area contributed by atoms with E-state index in [1.807, 2.05) is 0 Å². The highest BCUT2D eigenvalue weighted by Crippen LogP contribution is 2.13. The molecule has 1 rings (SSSR count). The second-order valence-corrected chi connectivity index (χ2v) is 4.60. The first-order valence-corrected chi connectivity index (χ1v) is 6.18. The molecule has 0 saturated heterocycles. The van der Waals surface area contributed by atoms with E-state index in [1.165, 1.54) is 13.0 Å². The fourth-order valence-corrected chi connectivity index (χ4v) is 1.62. The highest BCUT2D eigenvalue weighted by atomic mass is 19.1. The van der Waals surface area contributed by atoms with Crippen molar-refractivity contribution in [2.75, 3.05) is 0 Å². The lowest BCUT2D eigenvalue weighted by Crippen LogP contribution is -2.41. The molecular formula is C14H18FNO3. The Morgan fingerprint density at radius 2 is 1.95 bits per heavy atom. The van der Waals surface area contributed by atoms with Gasteiger partial charge in [-0.05, 0) is 31.4 Å². The van der Waals surface area contributed by atoms with Crippen molar-refractivity contribution in [2.24, 2.45) is 5.92 Å². The van der Waals surface area contributed by atoms with Crippen LogP contribution in [0.15, 0.2) is 24.3 Å². The molecule has 0 aliphatic heterocycles. The van der Waals surface area contributed by atoms with E-state index in [9.17, 15) is 14.0 Å². The molecule has 1 aromatic rings. The number of carbonyl (C=O) groups is 2. The first kappa shape index (κ1) is 15.1. The van der Waals surface area contributed by atoms with Crippen LogP contribution in [0.4, 0.5) is 4.39 Å². The highest BCUT2D eigenvalue weighted by molar-refractivity contribution is 5.84. The number of aryl methyl sites for hydroxylation is 1. The summed E-state index contributed by atoms with van der Waals surface area (Å²) in [5, 5.41) is 11.1. The number of carbonyl (C=O) groups excluding carboxylic acids is 1. The number of hydrogen-bond donors (Lipinski definition) is 2. The zero-order valence-corrected chi connectivity index (χ0v) is 11.0. The molecule has 0 aromatic heterocycles. The molecule has 0 heterocycles. The van der Waals surface area contributed by atoms with Gasteiger partial charge in [-0.2, -0.15) is 0 Å². The van der Waals surface area contributed by atoms with Crippen LogP contribution in [-0.4, -0.2) is 23.0 Å². The van der Waals surface area contributed by atoms with E-state index < -0.39 is 12.0 Å². The van der Waals surface area contributed by atoms with Gasteiger partial charge in [0.1, 0.15) is 11.9 Å². The summed E-state index contributed by atoms with van der Waals surface area (Å²) in [7, 11) is 0. The van der Waals surface area contributed by atoms with Gasteiger partial charge < -0.3 is 10.4 Å². The minimum atomic E-state index is -1.07. The lowest BCUT2D eigenvalue weighted by Gasteiger charge is -2.14. The van der Waals surface area contributed by atoms with Crippen molar-refractivity contribution in [2.45, 2.75) is 32.7 Å². The summed E-state index contributed by atoms with van der Waals surface area (Å²) in [6.45, 7) is 3.11. The van der Waals surface area contributed by atoms with Gasteiger partial charge in [-0.15, -0.1) is 0 Å². The van der Waals surface area contributed by atoms with Crippen molar-refractivity contribution in [1.82, 2.24) is 5.32 Å². The molecule has 0 bridgehead atoms. The Kier molecular flexibility index (Phi) is 5.48. The summed E-state index contributed by atoms with van der Waals surface area (Å²) < 4.78 is 13.4. The molecule has 19 heavy (non-hydrogen) atoms. The van der Waals surface area contributed by atoms with Crippen molar-refractivity contribution in [3.05, 3.63) is 35.6 Å². The second-order valence-electron chi connectivity index (χ2n) is 4.60. The average Bonchev–Trinajstić information content (AvgIpc) is 2.37. The van der Waals surface area contributed by atoms with Gasteiger partial charge in [-0.1, -0.05) is 25.1 Å². The highest BCUT2D eigenvalue weighted by Gasteiger charge is 2.19. The molecule has 0 spiro atoms. The molecule has 4 nitrogen and oxygen atoms in total. The number of benzene rings is 1. The molecule has 0 fully saturated rings. The molecule has 1 aromatic carbocycles. The maximum Gasteiger partial charge on any atom is 0.325 e. The minimum absolute atomic E-state index is 0.283. The van der Waals surface area contributed by atoms with E-state index in [0.29, 0.717) is 18.4 Å². The van der Waals surface area contributed by atoms with Gasteiger partial charge in [0.15, 0.2) is 0 Å².